The second-order valence-electron chi connectivity index (χ2n) is 5.73. The van der Waals surface area contributed by atoms with Crippen molar-refractivity contribution in [3.05, 3.63) is 71.8 Å². The molecule has 2 N–H and O–H groups in total. The van der Waals surface area contributed by atoms with E-state index in [2.05, 4.69) is 10.6 Å². The SMILES string of the molecule is CC(C)Oc1ccc(CNC(=S)NC(=O)/C=C/c2ccccc2)cc1. The van der Waals surface area contributed by atoms with Gasteiger partial charge in [-0.3, -0.25) is 10.1 Å². The summed E-state index contributed by atoms with van der Waals surface area (Å²) in [6, 6.07) is 17.4. The van der Waals surface area contributed by atoms with Crippen molar-refractivity contribution in [3.8, 4) is 5.75 Å². The van der Waals surface area contributed by atoms with Crippen LogP contribution in [-0.4, -0.2) is 17.1 Å². The normalized spacial score (nSPS) is 10.7. The Morgan fingerprint density at radius 3 is 2.44 bits per heavy atom. The number of carbonyl (C=O) groups is 1. The maximum Gasteiger partial charge on any atom is 0.250 e. The third-order valence-electron chi connectivity index (χ3n) is 3.21. The number of thiocarbonyl (C=S) groups is 1. The minimum atomic E-state index is -0.262. The van der Waals surface area contributed by atoms with Gasteiger partial charge in [-0.05, 0) is 55.4 Å². The minimum absolute atomic E-state index is 0.149. The van der Waals surface area contributed by atoms with E-state index in [4.69, 9.17) is 17.0 Å². The number of hydrogen-bond donors (Lipinski definition) is 2. The van der Waals surface area contributed by atoms with E-state index in [1.807, 2.05) is 68.4 Å². The molecule has 130 valence electrons. The van der Waals surface area contributed by atoms with Crippen molar-refractivity contribution in [2.24, 2.45) is 0 Å². The summed E-state index contributed by atoms with van der Waals surface area (Å²) in [6.45, 7) is 4.51. The smallest absolute Gasteiger partial charge is 0.250 e. The molecule has 0 atom stereocenters. The molecular weight excluding hydrogens is 332 g/mol. The van der Waals surface area contributed by atoms with Gasteiger partial charge < -0.3 is 10.1 Å². The topological polar surface area (TPSA) is 50.4 Å². The highest BCUT2D eigenvalue weighted by molar-refractivity contribution is 7.80. The summed E-state index contributed by atoms with van der Waals surface area (Å²) >= 11 is 5.14. The van der Waals surface area contributed by atoms with E-state index in [9.17, 15) is 4.79 Å². The predicted molar refractivity (Wildman–Crippen MR) is 105 cm³/mol. The van der Waals surface area contributed by atoms with Crippen molar-refractivity contribution in [1.29, 1.82) is 0 Å². The fourth-order valence-corrected chi connectivity index (χ4v) is 2.25. The Morgan fingerprint density at radius 2 is 1.80 bits per heavy atom. The van der Waals surface area contributed by atoms with Gasteiger partial charge in [-0.25, -0.2) is 0 Å². The first-order chi connectivity index (χ1) is 12.0. The van der Waals surface area contributed by atoms with Crippen molar-refractivity contribution in [1.82, 2.24) is 10.6 Å². The Kier molecular flexibility index (Phi) is 7.16. The van der Waals surface area contributed by atoms with Crippen LogP contribution in [0.25, 0.3) is 6.08 Å². The van der Waals surface area contributed by atoms with Crippen molar-refractivity contribution in [2.45, 2.75) is 26.5 Å². The maximum absolute atomic E-state index is 11.8. The molecule has 4 nitrogen and oxygen atoms in total. The lowest BCUT2D eigenvalue weighted by Gasteiger charge is -2.11. The first-order valence-electron chi connectivity index (χ1n) is 8.10. The quantitative estimate of drug-likeness (QED) is 0.614. The van der Waals surface area contributed by atoms with Gasteiger partial charge in [-0.15, -0.1) is 0 Å². The van der Waals surface area contributed by atoms with Gasteiger partial charge in [0.15, 0.2) is 5.11 Å². The highest BCUT2D eigenvalue weighted by atomic mass is 32.1. The van der Waals surface area contributed by atoms with E-state index in [-0.39, 0.29) is 12.0 Å². The molecule has 0 radical (unpaired) electrons. The molecule has 5 heteroatoms. The Balaban J connectivity index is 1.76. The van der Waals surface area contributed by atoms with Crippen molar-refractivity contribution in [3.63, 3.8) is 0 Å². The molecule has 2 rings (SSSR count). The molecule has 1 amide bonds. The molecule has 2 aromatic carbocycles. The van der Waals surface area contributed by atoms with Crippen LogP contribution in [0.5, 0.6) is 5.75 Å². The summed E-state index contributed by atoms with van der Waals surface area (Å²) < 4.78 is 5.60. The lowest BCUT2D eigenvalue weighted by molar-refractivity contribution is -0.115. The van der Waals surface area contributed by atoms with Gasteiger partial charge in [0, 0.05) is 12.6 Å². The van der Waals surface area contributed by atoms with Crippen LogP contribution in [0.2, 0.25) is 0 Å². The third kappa shape index (κ3) is 7.18. The van der Waals surface area contributed by atoms with E-state index in [0.717, 1.165) is 16.9 Å². The molecule has 0 saturated heterocycles. The summed E-state index contributed by atoms with van der Waals surface area (Å²) in [7, 11) is 0. The van der Waals surface area contributed by atoms with Crippen LogP contribution >= 0.6 is 12.2 Å². The van der Waals surface area contributed by atoms with Crippen LogP contribution in [0, 0.1) is 0 Å². The average Bonchev–Trinajstić information content (AvgIpc) is 2.60. The Morgan fingerprint density at radius 1 is 1.12 bits per heavy atom. The van der Waals surface area contributed by atoms with E-state index >= 15 is 0 Å². The molecule has 0 heterocycles. The van der Waals surface area contributed by atoms with Gasteiger partial charge in [0.1, 0.15) is 5.75 Å². The van der Waals surface area contributed by atoms with E-state index < -0.39 is 0 Å². The van der Waals surface area contributed by atoms with Gasteiger partial charge in [0.2, 0.25) is 5.91 Å². The molecule has 0 spiro atoms. The number of benzene rings is 2. The standard InChI is InChI=1S/C20H22N2O2S/c1-15(2)24-18-11-8-17(9-12-18)14-21-20(25)22-19(23)13-10-16-6-4-3-5-7-16/h3-13,15H,14H2,1-2H3,(H2,21,22,23,25)/b13-10+. The Hall–Kier alpha value is -2.66. The zero-order chi connectivity index (χ0) is 18.1. The number of amides is 1. The highest BCUT2D eigenvalue weighted by Gasteiger charge is 2.02. The van der Waals surface area contributed by atoms with Crippen LogP contribution in [0.1, 0.15) is 25.0 Å². The first kappa shape index (κ1) is 18.7. The fourth-order valence-electron chi connectivity index (χ4n) is 2.07. The summed E-state index contributed by atoms with van der Waals surface area (Å²) in [5.74, 6) is 0.572. The molecule has 0 aliphatic rings. The van der Waals surface area contributed by atoms with Gasteiger partial charge in [0.05, 0.1) is 6.10 Å². The zero-order valence-corrected chi connectivity index (χ0v) is 15.2. The maximum atomic E-state index is 11.8. The van der Waals surface area contributed by atoms with Crippen molar-refractivity contribution < 1.29 is 9.53 Å². The lowest BCUT2D eigenvalue weighted by atomic mass is 10.2. The molecule has 0 aromatic heterocycles. The van der Waals surface area contributed by atoms with Crippen LogP contribution in [0.4, 0.5) is 0 Å². The summed E-state index contributed by atoms with van der Waals surface area (Å²) in [4.78, 5) is 11.8. The van der Waals surface area contributed by atoms with Gasteiger partial charge in [-0.1, -0.05) is 42.5 Å². The molecule has 25 heavy (non-hydrogen) atoms. The van der Waals surface area contributed by atoms with Gasteiger partial charge in [0.25, 0.3) is 0 Å². The Bertz CT molecular complexity index is 725. The Labute approximate surface area is 153 Å². The first-order valence-corrected chi connectivity index (χ1v) is 8.51. The number of nitrogens with one attached hydrogen (secondary N) is 2. The third-order valence-corrected chi connectivity index (χ3v) is 3.46. The van der Waals surface area contributed by atoms with Crippen LogP contribution in [-0.2, 0) is 11.3 Å². The average molecular weight is 354 g/mol. The van der Waals surface area contributed by atoms with Crippen LogP contribution in [0.15, 0.2) is 60.7 Å². The zero-order valence-electron chi connectivity index (χ0n) is 14.4. The lowest BCUT2D eigenvalue weighted by Crippen LogP contribution is -2.37. The number of rotatable bonds is 6. The van der Waals surface area contributed by atoms with Crippen molar-refractivity contribution in [2.75, 3.05) is 0 Å². The second kappa shape index (κ2) is 9.59. The van der Waals surface area contributed by atoms with E-state index in [1.165, 1.54) is 6.08 Å². The largest absolute Gasteiger partial charge is 0.491 e. The number of hydrogen-bond acceptors (Lipinski definition) is 3. The second-order valence-corrected chi connectivity index (χ2v) is 6.13. The molecule has 0 unspecified atom stereocenters. The van der Waals surface area contributed by atoms with E-state index in [0.29, 0.717) is 11.7 Å². The summed E-state index contributed by atoms with van der Waals surface area (Å²) in [5.41, 5.74) is 2.01. The summed E-state index contributed by atoms with van der Waals surface area (Å²) in [5, 5.41) is 5.94. The minimum Gasteiger partial charge on any atom is -0.491 e. The molecule has 0 saturated carbocycles. The van der Waals surface area contributed by atoms with Gasteiger partial charge in [-0.2, -0.15) is 0 Å². The van der Waals surface area contributed by atoms with Gasteiger partial charge >= 0.3 is 0 Å². The molecule has 0 aliphatic heterocycles. The number of ether oxygens (including phenoxy) is 1. The highest BCUT2D eigenvalue weighted by Crippen LogP contribution is 2.13. The molecule has 0 bridgehead atoms. The van der Waals surface area contributed by atoms with Crippen LogP contribution in [0.3, 0.4) is 0 Å². The summed E-state index contributed by atoms with van der Waals surface area (Å²) in [6.07, 6.45) is 3.35. The molecule has 0 fully saturated rings. The van der Waals surface area contributed by atoms with Crippen LogP contribution < -0.4 is 15.4 Å². The predicted octanol–water partition coefficient (Wildman–Crippen LogP) is 3.68. The molecule has 0 aliphatic carbocycles. The van der Waals surface area contributed by atoms with Crippen molar-refractivity contribution >= 4 is 29.3 Å². The molecular formula is C20H22N2O2S. The monoisotopic (exact) mass is 354 g/mol. The number of carbonyl (C=O) groups excluding carboxylic acids is 1. The van der Waals surface area contributed by atoms with E-state index in [1.54, 1.807) is 6.08 Å². The fraction of sp³-hybridized carbons (Fsp3) is 0.200. The molecule has 2 aromatic rings.